The van der Waals surface area contributed by atoms with Crippen LogP contribution >= 0.6 is 11.3 Å². The standard InChI is InChI=1S/C16H22N2OS/c1-5-17-13(4)14-6-7-15(11(2)8-14)19-9-16-18-12(3)10-20-16/h6-8,10,13,17H,5,9H2,1-4H3. The van der Waals surface area contributed by atoms with Crippen LogP contribution in [0.5, 0.6) is 5.75 Å². The molecule has 0 bridgehead atoms. The lowest BCUT2D eigenvalue weighted by atomic mass is 10.1. The average Bonchev–Trinajstić information content (AvgIpc) is 2.83. The van der Waals surface area contributed by atoms with Gasteiger partial charge in [0, 0.05) is 17.1 Å². The SMILES string of the molecule is CCNC(C)c1ccc(OCc2nc(C)cs2)c(C)c1. The summed E-state index contributed by atoms with van der Waals surface area (Å²) < 4.78 is 5.86. The number of rotatable bonds is 6. The van der Waals surface area contributed by atoms with Gasteiger partial charge in [-0.2, -0.15) is 0 Å². The van der Waals surface area contributed by atoms with Crippen molar-refractivity contribution < 1.29 is 4.74 Å². The number of ether oxygens (including phenoxy) is 1. The van der Waals surface area contributed by atoms with Crippen molar-refractivity contribution in [3.8, 4) is 5.75 Å². The molecule has 1 heterocycles. The van der Waals surface area contributed by atoms with Gasteiger partial charge in [-0.05, 0) is 44.5 Å². The van der Waals surface area contributed by atoms with Crippen LogP contribution in [-0.2, 0) is 6.61 Å². The zero-order chi connectivity index (χ0) is 14.5. The molecule has 1 N–H and O–H groups in total. The van der Waals surface area contributed by atoms with E-state index in [2.05, 4.69) is 49.3 Å². The maximum atomic E-state index is 5.86. The number of benzene rings is 1. The van der Waals surface area contributed by atoms with E-state index in [-0.39, 0.29) is 0 Å². The Labute approximate surface area is 125 Å². The van der Waals surface area contributed by atoms with Gasteiger partial charge in [0.2, 0.25) is 0 Å². The fraction of sp³-hybridized carbons (Fsp3) is 0.438. The van der Waals surface area contributed by atoms with Crippen LogP contribution in [0, 0.1) is 13.8 Å². The third-order valence-corrected chi connectivity index (χ3v) is 4.17. The average molecular weight is 290 g/mol. The molecule has 20 heavy (non-hydrogen) atoms. The molecule has 0 fully saturated rings. The van der Waals surface area contributed by atoms with Crippen LogP contribution in [0.3, 0.4) is 0 Å². The van der Waals surface area contributed by atoms with E-state index in [1.54, 1.807) is 11.3 Å². The van der Waals surface area contributed by atoms with Crippen molar-refractivity contribution >= 4 is 11.3 Å². The van der Waals surface area contributed by atoms with E-state index in [4.69, 9.17) is 4.74 Å². The smallest absolute Gasteiger partial charge is 0.140 e. The van der Waals surface area contributed by atoms with Crippen molar-refractivity contribution in [2.24, 2.45) is 0 Å². The van der Waals surface area contributed by atoms with Gasteiger partial charge in [-0.15, -0.1) is 11.3 Å². The van der Waals surface area contributed by atoms with Crippen LogP contribution in [-0.4, -0.2) is 11.5 Å². The molecule has 1 aromatic heterocycles. The van der Waals surface area contributed by atoms with Crippen LogP contribution in [0.1, 0.15) is 41.7 Å². The van der Waals surface area contributed by atoms with E-state index in [1.807, 2.05) is 12.3 Å². The van der Waals surface area contributed by atoms with Gasteiger partial charge in [0.05, 0.1) is 0 Å². The molecule has 1 unspecified atom stereocenters. The summed E-state index contributed by atoms with van der Waals surface area (Å²) in [6, 6.07) is 6.74. The topological polar surface area (TPSA) is 34.1 Å². The van der Waals surface area contributed by atoms with Gasteiger partial charge in [-0.25, -0.2) is 4.98 Å². The summed E-state index contributed by atoms with van der Waals surface area (Å²) in [5.41, 5.74) is 3.52. The first kappa shape index (κ1) is 15.0. The molecular formula is C16H22N2OS. The molecule has 0 saturated carbocycles. The van der Waals surface area contributed by atoms with Gasteiger partial charge in [0.15, 0.2) is 0 Å². The molecule has 108 valence electrons. The van der Waals surface area contributed by atoms with Crippen LogP contribution in [0.25, 0.3) is 0 Å². The Hall–Kier alpha value is -1.39. The summed E-state index contributed by atoms with van der Waals surface area (Å²) >= 11 is 1.64. The minimum absolute atomic E-state index is 0.370. The Kier molecular flexibility index (Phi) is 5.15. The molecule has 0 saturated heterocycles. The molecule has 2 aromatic rings. The summed E-state index contributed by atoms with van der Waals surface area (Å²) in [5, 5.41) is 6.49. The molecule has 0 aliphatic heterocycles. The summed E-state index contributed by atoms with van der Waals surface area (Å²) in [6.07, 6.45) is 0. The maximum absolute atomic E-state index is 5.86. The minimum Gasteiger partial charge on any atom is -0.486 e. The van der Waals surface area contributed by atoms with Crippen molar-refractivity contribution in [2.75, 3.05) is 6.54 Å². The Balaban J connectivity index is 2.02. The lowest BCUT2D eigenvalue weighted by molar-refractivity contribution is 0.303. The molecule has 2 rings (SSSR count). The van der Waals surface area contributed by atoms with Gasteiger partial charge >= 0.3 is 0 Å². The molecule has 0 aliphatic rings. The fourth-order valence-corrected chi connectivity index (χ4v) is 2.82. The van der Waals surface area contributed by atoms with Gasteiger partial charge in [0.1, 0.15) is 17.4 Å². The monoisotopic (exact) mass is 290 g/mol. The fourth-order valence-electron chi connectivity index (χ4n) is 2.14. The summed E-state index contributed by atoms with van der Waals surface area (Å²) in [6.45, 7) is 9.91. The number of nitrogens with one attached hydrogen (secondary N) is 1. The van der Waals surface area contributed by atoms with E-state index in [0.29, 0.717) is 12.6 Å². The van der Waals surface area contributed by atoms with E-state index >= 15 is 0 Å². The van der Waals surface area contributed by atoms with Gasteiger partial charge in [0.25, 0.3) is 0 Å². The van der Waals surface area contributed by atoms with Gasteiger partial charge in [-0.1, -0.05) is 19.1 Å². The highest BCUT2D eigenvalue weighted by molar-refractivity contribution is 7.09. The van der Waals surface area contributed by atoms with Crippen LogP contribution < -0.4 is 10.1 Å². The highest BCUT2D eigenvalue weighted by Crippen LogP contribution is 2.24. The number of aryl methyl sites for hydroxylation is 2. The normalized spacial score (nSPS) is 12.4. The molecule has 1 atom stereocenters. The zero-order valence-corrected chi connectivity index (χ0v) is 13.4. The molecule has 0 amide bonds. The van der Waals surface area contributed by atoms with Crippen molar-refractivity contribution in [2.45, 2.75) is 40.3 Å². The third kappa shape index (κ3) is 3.81. The Morgan fingerprint density at radius 3 is 2.75 bits per heavy atom. The largest absolute Gasteiger partial charge is 0.486 e. The first-order chi connectivity index (χ1) is 9.60. The number of aromatic nitrogens is 1. The van der Waals surface area contributed by atoms with Gasteiger partial charge < -0.3 is 10.1 Å². The molecule has 1 aromatic carbocycles. The molecule has 4 heteroatoms. The summed E-state index contributed by atoms with van der Waals surface area (Å²) in [4.78, 5) is 4.41. The van der Waals surface area contributed by atoms with E-state index in [9.17, 15) is 0 Å². The second-order valence-corrected chi connectivity index (χ2v) is 5.92. The molecule has 0 spiro atoms. The van der Waals surface area contributed by atoms with Crippen molar-refractivity contribution in [1.82, 2.24) is 10.3 Å². The Morgan fingerprint density at radius 1 is 1.35 bits per heavy atom. The lowest BCUT2D eigenvalue weighted by Crippen LogP contribution is -2.17. The predicted molar refractivity (Wildman–Crippen MR) is 84.5 cm³/mol. The number of hydrogen-bond donors (Lipinski definition) is 1. The quantitative estimate of drug-likeness (QED) is 0.873. The van der Waals surface area contributed by atoms with Crippen molar-refractivity contribution in [3.63, 3.8) is 0 Å². The second-order valence-electron chi connectivity index (χ2n) is 4.98. The maximum Gasteiger partial charge on any atom is 0.140 e. The lowest BCUT2D eigenvalue weighted by Gasteiger charge is -2.15. The first-order valence-electron chi connectivity index (χ1n) is 6.98. The third-order valence-electron chi connectivity index (χ3n) is 3.23. The zero-order valence-electron chi connectivity index (χ0n) is 12.6. The van der Waals surface area contributed by atoms with Crippen molar-refractivity contribution in [3.05, 3.63) is 45.4 Å². The Morgan fingerprint density at radius 2 is 2.15 bits per heavy atom. The number of hydrogen-bond acceptors (Lipinski definition) is 4. The first-order valence-corrected chi connectivity index (χ1v) is 7.86. The second kappa shape index (κ2) is 6.86. The molecule has 0 radical (unpaired) electrons. The van der Waals surface area contributed by atoms with E-state index in [0.717, 1.165) is 23.0 Å². The van der Waals surface area contributed by atoms with Crippen LogP contribution in [0.4, 0.5) is 0 Å². The minimum atomic E-state index is 0.370. The van der Waals surface area contributed by atoms with E-state index < -0.39 is 0 Å². The molecule has 3 nitrogen and oxygen atoms in total. The molecular weight excluding hydrogens is 268 g/mol. The number of nitrogens with zero attached hydrogens (tertiary/aromatic N) is 1. The highest BCUT2D eigenvalue weighted by Gasteiger charge is 2.07. The summed E-state index contributed by atoms with van der Waals surface area (Å²) in [5.74, 6) is 0.935. The van der Waals surface area contributed by atoms with Gasteiger partial charge in [-0.3, -0.25) is 0 Å². The van der Waals surface area contributed by atoms with Crippen LogP contribution in [0.2, 0.25) is 0 Å². The predicted octanol–water partition coefficient (Wildman–Crippen LogP) is 4.01. The Bertz CT molecular complexity index is 565. The van der Waals surface area contributed by atoms with E-state index in [1.165, 1.54) is 11.1 Å². The summed E-state index contributed by atoms with van der Waals surface area (Å²) in [7, 11) is 0. The van der Waals surface area contributed by atoms with Crippen LogP contribution in [0.15, 0.2) is 23.6 Å². The van der Waals surface area contributed by atoms with Crippen molar-refractivity contribution in [1.29, 1.82) is 0 Å². The highest BCUT2D eigenvalue weighted by atomic mass is 32.1. The number of thiazole rings is 1. The molecule has 0 aliphatic carbocycles.